The standard InChI is InChI=1S/C25H25FN8O2.CH2O2/c1-32(2)24(35)19-7-4-12-28-22(19)33(17-6-3-11-27-15-17)25(36)18-10-9-16(14-20(18)26)34-23-21(30-31-34)8-5-13-29-23;2-1-3/h4-5,7-10,12-14,17,27H,3,6,11,15H2,1-2H3;1H,(H,2,3)/t17-;/m1./s1. The van der Waals surface area contributed by atoms with Gasteiger partial charge in [0.25, 0.3) is 18.3 Å². The molecular formula is C26H27FN8O4. The minimum absolute atomic E-state index is 0.129. The summed E-state index contributed by atoms with van der Waals surface area (Å²) in [5.41, 5.74) is 1.58. The minimum atomic E-state index is -0.720. The van der Waals surface area contributed by atoms with Crippen LogP contribution >= 0.6 is 0 Å². The lowest BCUT2D eigenvalue weighted by atomic mass is 10.0. The van der Waals surface area contributed by atoms with Crippen LogP contribution in [0.1, 0.15) is 33.6 Å². The van der Waals surface area contributed by atoms with E-state index in [1.54, 1.807) is 50.6 Å². The van der Waals surface area contributed by atoms with Gasteiger partial charge in [0, 0.05) is 39.1 Å². The van der Waals surface area contributed by atoms with Crippen LogP contribution in [-0.2, 0) is 4.79 Å². The number of piperidine rings is 1. The molecule has 0 radical (unpaired) electrons. The fraction of sp³-hybridized carbons (Fsp3) is 0.269. The summed E-state index contributed by atoms with van der Waals surface area (Å²) in [5, 5.41) is 18.3. The van der Waals surface area contributed by atoms with Crippen LogP contribution in [0.2, 0.25) is 0 Å². The number of pyridine rings is 2. The summed E-state index contributed by atoms with van der Waals surface area (Å²) in [4.78, 5) is 46.7. The molecule has 1 aromatic carbocycles. The molecule has 1 aliphatic heterocycles. The molecular weight excluding hydrogens is 507 g/mol. The Labute approximate surface area is 223 Å². The van der Waals surface area contributed by atoms with Crippen molar-refractivity contribution < 1.29 is 23.9 Å². The second-order valence-corrected chi connectivity index (χ2v) is 8.87. The van der Waals surface area contributed by atoms with Crippen molar-refractivity contribution in [2.75, 3.05) is 32.1 Å². The number of carbonyl (C=O) groups is 3. The first-order valence-electron chi connectivity index (χ1n) is 12.1. The van der Waals surface area contributed by atoms with Gasteiger partial charge in [0.05, 0.1) is 22.9 Å². The molecule has 2 N–H and O–H groups in total. The zero-order valence-electron chi connectivity index (χ0n) is 21.4. The molecule has 0 unspecified atom stereocenters. The van der Waals surface area contributed by atoms with Gasteiger partial charge in [-0.15, -0.1) is 5.10 Å². The van der Waals surface area contributed by atoms with Crippen molar-refractivity contribution in [1.29, 1.82) is 0 Å². The van der Waals surface area contributed by atoms with Crippen molar-refractivity contribution in [1.82, 2.24) is 35.2 Å². The highest BCUT2D eigenvalue weighted by Gasteiger charge is 2.33. The Kier molecular flexibility index (Phi) is 8.51. The second kappa shape index (κ2) is 12.2. The number of benzene rings is 1. The molecule has 4 aromatic rings. The lowest BCUT2D eigenvalue weighted by molar-refractivity contribution is -0.122. The fourth-order valence-corrected chi connectivity index (χ4v) is 4.36. The van der Waals surface area contributed by atoms with Crippen molar-refractivity contribution in [2.24, 2.45) is 0 Å². The van der Waals surface area contributed by atoms with Gasteiger partial charge in [-0.25, -0.2) is 14.4 Å². The van der Waals surface area contributed by atoms with Crippen LogP contribution < -0.4 is 10.2 Å². The number of halogens is 1. The minimum Gasteiger partial charge on any atom is -0.483 e. The summed E-state index contributed by atoms with van der Waals surface area (Å²) in [7, 11) is 3.27. The van der Waals surface area contributed by atoms with E-state index in [2.05, 4.69) is 25.6 Å². The molecule has 0 aliphatic carbocycles. The fourth-order valence-electron chi connectivity index (χ4n) is 4.36. The van der Waals surface area contributed by atoms with E-state index in [0.717, 1.165) is 13.0 Å². The Hall–Kier alpha value is -4.78. The number of rotatable bonds is 5. The van der Waals surface area contributed by atoms with E-state index >= 15 is 4.39 Å². The van der Waals surface area contributed by atoms with E-state index in [4.69, 9.17) is 9.90 Å². The van der Waals surface area contributed by atoms with Crippen LogP contribution in [0, 0.1) is 5.82 Å². The number of nitrogens with zero attached hydrogens (tertiary/aromatic N) is 7. The molecule has 0 spiro atoms. The summed E-state index contributed by atoms with van der Waals surface area (Å²) >= 11 is 0. The molecule has 1 atom stereocenters. The van der Waals surface area contributed by atoms with Gasteiger partial charge in [0.15, 0.2) is 5.65 Å². The van der Waals surface area contributed by atoms with E-state index in [0.29, 0.717) is 29.8 Å². The average molecular weight is 535 g/mol. The first-order chi connectivity index (χ1) is 18.9. The summed E-state index contributed by atoms with van der Waals surface area (Å²) in [6, 6.07) is 10.7. The van der Waals surface area contributed by atoms with Crippen molar-refractivity contribution in [3.05, 3.63) is 71.8 Å². The predicted molar refractivity (Wildman–Crippen MR) is 140 cm³/mol. The maximum Gasteiger partial charge on any atom is 0.290 e. The number of carboxylic acid groups (broad SMARTS) is 1. The highest BCUT2D eigenvalue weighted by atomic mass is 19.1. The van der Waals surface area contributed by atoms with E-state index in [1.807, 2.05) is 0 Å². The quantitative estimate of drug-likeness (QED) is 0.368. The van der Waals surface area contributed by atoms with Gasteiger partial charge in [-0.1, -0.05) is 5.21 Å². The first-order valence-corrected chi connectivity index (χ1v) is 12.1. The van der Waals surface area contributed by atoms with Crippen LogP contribution in [-0.4, -0.2) is 86.5 Å². The van der Waals surface area contributed by atoms with Gasteiger partial charge in [-0.05, 0) is 55.8 Å². The van der Waals surface area contributed by atoms with Crippen molar-refractivity contribution in [2.45, 2.75) is 18.9 Å². The number of anilines is 1. The van der Waals surface area contributed by atoms with Crippen molar-refractivity contribution in [3.8, 4) is 5.69 Å². The van der Waals surface area contributed by atoms with Crippen molar-refractivity contribution in [3.63, 3.8) is 0 Å². The molecule has 202 valence electrons. The van der Waals surface area contributed by atoms with Gasteiger partial charge in [-0.3, -0.25) is 19.3 Å². The topological polar surface area (TPSA) is 146 Å². The molecule has 13 heteroatoms. The molecule has 1 fully saturated rings. The van der Waals surface area contributed by atoms with Gasteiger partial charge in [0.2, 0.25) is 0 Å². The van der Waals surface area contributed by atoms with Gasteiger partial charge in [0.1, 0.15) is 17.2 Å². The number of amides is 2. The van der Waals surface area contributed by atoms with Crippen LogP contribution in [0.5, 0.6) is 0 Å². The molecule has 12 nitrogen and oxygen atoms in total. The van der Waals surface area contributed by atoms with E-state index in [1.165, 1.54) is 32.8 Å². The molecule has 0 saturated carbocycles. The summed E-state index contributed by atoms with van der Waals surface area (Å²) < 4.78 is 16.9. The number of aromatic nitrogens is 5. The molecule has 1 aliphatic rings. The molecule has 3 aromatic heterocycles. The van der Waals surface area contributed by atoms with Crippen molar-refractivity contribution >= 4 is 35.3 Å². The van der Waals surface area contributed by atoms with Crippen LogP contribution in [0.3, 0.4) is 0 Å². The highest BCUT2D eigenvalue weighted by Crippen LogP contribution is 2.27. The Morgan fingerprint density at radius 3 is 2.54 bits per heavy atom. The SMILES string of the molecule is CN(C)C(=O)c1cccnc1N(C(=O)c1ccc(-n2nnc3cccnc32)cc1F)[C@@H]1CCCNC1.O=CO. The predicted octanol–water partition coefficient (Wildman–Crippen LogP) is 2.15. The maximum atomic E-state index is 15.5. The number of hydrogen-bond donors (Lipinski definition) is 2. The Morgan fingerprint density at radius 2 is 1.85 bits per heavy atom. The smallest absolute Gasteiger partial charge is 0.290 e. The molecule has 39 heavy (non-hydrogen) atoms. The number of fused-ring (bicyclic) bond motifs is 1. The van der Waals surface area contributed by atoms with Gasteiger partial charge < -0.3 is 15.3 Å². The third-order valence-corrected chi connectivity index (χ3v) is 6.14. The van der Waals surface area contributed by atoms with E-state index in [9.17, 15) is 9.59 Å². The number of nitrogens with one attached hydrogen (secondary N) is 1. The second-order valence-electron chi connectivity index (χ2n) is 8.87. The average Bonchev–Trinajstić information content (AvgIpc) is 3.38. The molecule has 5 rings (SSSR count). The third kappa shape index (κ3) is 5.72. The zero-order valence-corrected chi connectivity index (χ0v) is 21.4. The lowest BCUT2D eigenvalue weighted by Crippen LogP contribution is -2.50. The molecule has 2 amide bonds. The Bertz CT molecular complexity index is 1490. The Morgan fingerprint density at radius 1 is 1.10 bits per heavy atom. The maximum absolute atomic E-state index is 15.5. The third-order valence-electron chi connectivity index (χ3n) is 6.14. The summed E-state index contributed by atoms with van der Waals surface area (Å²) in [6.45, 7) is 1.08. The van der Waals surface area contributed by atoms with Crippen LogP contribution in [0.4, 0.5) is 10.2 Å². The summed E-state index contributed by atoms with van der Waals surface area (Å²) in [6.07, 6.45) is 4.67. The number of hydrogen-bond acceptors (Lipinski definition) is 8. The first kappa shape index (κ1) is 27.3. The Balaban J connectivity index is 0.00000112. The summed E-state index contributed by atoms with van der Waals surface area (Å²) in [5.74, 6) is -1.37. The zero-order chi connectivity index (χ0) is 27.9. The monoisotopic (exact) mass is 534 g/mol. The van der Waals surface area contributed by atoms with Crippen LogP contribution in [0.15, 0.2) is 54.9 Å². The van der Waals surface area contributed by atoms with Gasteiger partial charge >= 0.3 is 0 Å². The highest BCUT2D eigenvalue weighted by molar-refractivity contribution is 6.10. The van der Waals surface area contributed by atoms with Gasteiger partial charge in [-0.2, -0.15) is 4.68 Å². The van der Waals surface area contributed by atoms with E-state index in [-0.39, 0.29) is 35.4 Å². The lowest BCUT2D eigenvalue weighted by Gasteiger charge is -2.35. The van der Waals surface area contributed by atoms with E-state index < -0.39 is 11.7 Å². The normalized spacial score (nSPS) is 14.7. The van der Waals surface area contributed by atoms with Crippen LogP contribution in [0.25, 0.3) is 16.9 Å². The molecule has 4 heterocycles. The molecule has 1 saturated heterocycles. The molecule has 0 bridgehead atoms. The number of carbonyl (C=O) groups excluding carboxylic acids is 2. The largest absolute Gasteiger partial charge is 0.483 e.